The van der Waals surface area contributed by atoms with Crippen LogP contribution < -0.4 is 10.5 Å². The van der Waals surface area contributed by atoms with Gasteiger partial charge >= 0.3 is 6.61 Å². The molecular weight excluding hydrogens is 224 g/mol. The molecule has 2 rings (SSSR count). The highest BCUT2D eigenvalue weighted by Crippen LogP contribution is 2.54. The third-order valence-electron chi connectivity index (χ3n) is 3.62. The minimum Gasteiger partial charge on any atom is -0.435 e. The van der Waals surface area contributed by atoms with Gasteiger partial charge in [-0.25, -0.2) is 0 Å². The summed E-state index contributed by atoms with van der Waals surface area (Å²) >= 11 is 0. The van der Waals surface area contributed by atoms with E-state index in [1.165, 1.54) is 0 Å². The van der Waals surface area contributed by atoms with Gasteiger partial charge in [-0.3, -0.25) is 0 Å². The topological polar surface area (TPSA) is 35.2 Å². The Morgan fingerprint density at radius 1 is 1.24 bits per heavy atom. The van der Waals surface area contributed by atoms with E-state index in [2.05, 4.69) is 4.74 Å². The molecular formula is C13H17F2NO. The highest BCUT2D eigenvalue weighted by Gasteiger charge is 2.53. The van der Waals surface area contributed by atoms with Gasteiger partial charge in [0.2, 0.25) is 0 Å². The second-order valence-electron chi connectivity index (χ2n) is 5.21. The number of rotatable bonds is 4. The Morgan fingerprint density at radius 3 is 2.12 bits per heavy atom. The summed E-state index contributed by atoms with van der Waals surface area (Å²) in [5, 5.41) is 0. The predicted molar refractivity (Wildman–Crippen MR) is 62.3 cm³/mol. The van der Waals surface area contributed by atoms with Crippen LogP contribution in [0.5, 0.6) is 5.75 Å². The number of halogens is 2. The van der Waals surface area contributed by atoms with Gasteiger partial charge in [0.15, 0.2) is 0 Å². The summed E-state index contributed by atoms with van der Waals surface area (Å²) in [6.45, 7) is 1.23. The number of hydrogen-bond donors (Lipinski definition) is 1. The maximum absolute atomic E-state index is 12.0. The van der Waals surface area contributed by atoms with Crippen LogP contribution in [0.15, 0.2) is 24.3 Å². The maximum Gasteiger partial charge on any atom is 0.387 e. The Hall–Kier alpha value is -1.16. The number of ether oxygens (including phenoxy) is 1. The van der Waals surface area contributed by atoms with Gasteiger partial charge < -0.3 is 10.5 Å². The van der Waals surface area contributed by atoms with Crippen LogP contribution in [0.1, 0.15) is 32.3 Å². The van der Waals surface area contributed by atoms with Crippen molar-refractivity contribution in [3.05, 3.63) is 29.8 Å². The molecule has 2 nitrogen and oxygen atoms in total. The molecule has 1 aliphatic carbocycles. The molecule has 1 aliphatic rings. The number of hydrogen-bond acceptors (Lipinski definition) is 2. The van der Waals surface area contributed by atoms with E-state index in [4.69, 9.17) is 5.73 Å². The fraction of sp³-hybridized carbons (Fsp3) is 0.538. The highest BCUT2D eigenvalue weighted by atomic mass is 19.3. The van der Waals surface area contributed by atoms with Crippen LogP contribution in [-0.2, 0) is 5.41 Å². The molecule has 4 heteroatoms. The SMILES string of the molecule is CC(C)(N)C1(c2ccc(OC(F)F)cc2)CC1. The summed E-state index contributed by atoms with van der Waals surface area (Å²) in [6, 6.07) is 6.82. The first-order chi connectivity index (χ1) is 7.85. The Labute approximate surface area is 99.8 Å². The molecule has 2 N–H and O–H groups in total. The molecule has 1 aromatic carbocycles. The lowest BCUT2D eigenvalue weighted by molar-refractivity contribution is -0.0498. The molecule has 0 heterocycles. The summed E-state index contributed by atoms with van der Waals surface area (Å²) in [6.07, 6.45) is 2.09. The van der Waals surface area contributed by atoms with Crippen LogP contribution in [0.2, 0.25) is 0 Å². The zero-order valence-electron chi connectivity index (χ0n) is 10.0. The molecule has 0 aliphatic heterocycles. The quantitative estimate of drug-likeness (QED) is 0.879. The van der Waals surface area contributed by atoms with Crippen molar-refractivity contribution in [1.82, 2.24) is 0 Å². The van der Waals surface area contributed by atoms with Crippen molar-refractivity contribution >= 4 is 0 Å². The summed E-state index contributed by atoms with van der Waals surface area (Å²) in [5.41, 5.74) is 6.98. The van der Waals surface area contributed by atoms with Crippen molar-refractivity contribution in [2.45, 2.75) is 44.3 Å². The minimum atomic E-state index is -2.78. The van der Waals surface area contributed by atoms with E-state index in [-0.39, 0.29) is 16.7 Å². The third kappa shape index (κ3) is 2.27. The van der Waals surface area contributed by atoms with E-state index < -0.39 is 6.61 Å². The number of benzene rings is 1. The molecule has 0 bridgehead atoms. The lowest BCUT2D eigenvalue weighted by Gasteiger charge is -2.31. The van der Waals surface area contributed by atoms with Gasteiger partial charge in [-0.2, -0.15) is 8.78 Å². The molecule has 0 amide bonds. The molecule has 0 atom stereocenters. The standard InChI is InChI=1S/C13H17F2NO/c1-12(2,16)13(7-8-13)9-3-5-10(6-4-9)17-11(14)15/h3-6,11H,7-8,16H2,1-2H3. The molecule has 0 aromatic heterocycles. The summed E-state index contributed by atoms with van der Waals surface area (Å²) < 4.78 is 28.4. The van der Waals surface area contributed by atoms with Crippen LogP contribution >= 0.6 is 0 Å². The highest BCUT2D eigenvalue weighted by molar-refractivity contribution is 5.39. The van der Waals surface area contributed by atoms with Gasteiger partial charge in [0.25, 0.3) is 0 Å². The van der Waals surface area contributed by atoms with Crippen LogP contribution in [0, 0.1) is 0 Å². The molecule has 1 saturated carbocycles. The molecule has 0 unspecified atom stereocenters. The van der Waals surface area contributed by atoms with Crippen LogP contribution in [0.25, 0.3) is 0 Å². The Balaban J connectivity index is 2.19. The lowest BCUT2D eigenvalue weighted by Crippen LogP contribution is -2.45. The molecule has 0 radical (unpaired) electrons. The van der Waals surface area contributed by atoms with Gasteiger partial charge in [0.05, 0.1) is 0 Å². The van der Waals surface area contributed by atoms with Gasteiger partial charge in [0, 0.05) is 11.0 Å². The van der Waals surface area contributed by atoms with Crippen molar-refractivity contribution in [2.24, 2.45) is 5.73 Å². The maximum atomic E-state index is 12.0. The summed E-state index contributed by atoms with van der Waals surface area (Å²) in [5.74, 6) is 0.189. The Bertz CT molecular complexity index is 391. The van der Waals surface area contributed by atoms with Crippen molar-refractivity contribution < 1.29 is 13.5 Å². The smallest absolute Gasteiger partial charge is 0.387 e. The van der Waals surface area contributed by atoms with Gasteiger partial charge in [-0.05, 0) is 44.4 Å². The van der Waals surface area contributed by atoms with Crippen molar-refractivity contribution in [2.75, 3.05) is 0 Å². The van der Waals surface area contributed by atoms with E-state index in [1.54, 1.807) is 12.1 Å². The zero-order chi connectivity index (χ0) is 12.7. The Morgan fingerprint density at radius 2 is 1.76 bits per heavy atom. The molecule has 17 heavy (non-hydrogen) atoms. The minimum absolute atomic E-state index is 0.00361. The van der Waals surface area contributed by atoms with E-state index in [0.717, 1.165) is 18.4 Å². The number of alkyl halides is 2. The van der Waals surface area contributed by atoms with Gasteiger partial charge in [0.1, 0.15) is 5.75 Å². The van der Waals surface area contributed by atoms with E-state index in [0.29, 0.717) is 0 Å². The summed E-state index contributed by atoms with van der Waals surface area (Å²) in [4.78, 5) is 0. The molecule has 94 valence electrons. The fourth-order valence-electron chi connectivity index (χ4n) is 2.39. The van der Waals surface area contributed by atoms with Gasteiger partial charge in [-0.15, -0.1) is 0 Å². The molecule has 1 aromatic rings. The van der Waals surface area contributed by atoms with E-state index >= 15 is 0 Å². The van der Waals surface area contributed by atoms with Gasteiger partial charge in [-0.1, -0.05) is 12.1 Å². The van der Waals surface area contributed by atoms with Crippen molar-refractivity contribution in [1.29, 1.82) is 0 Å². The average Bonchev–Trinajstić information content (AvgIpc) is 2.97. The summed E-state index contributed by atoms with van der Waals surface area (Å²) in [7, 11) is 0. The fourth-order valence-corrected chi connectivity index (χ4v) is 2.39. The normalized spacial score (nSPS) is 18.2. The first-order valence-electron chi connectivity index (χ1n) is 5.69. The monoisotopic (exact) mass is 241 g/mol. The molecule has 1 fully saturated rings. The van der Waals surface area contributed by atoms with Crippen LogP contribution in [0.3, 0.4) is 0 Å². The van der Waals surface area contributed by atoms with Crippen molar-refractivity contribution in [3.8, 4) is 5.75 Å². The van der Waals surface area contributed by atoms with Crippen LogP contribution in [0.4, 0.5) is 8.78 Å². The first kappa shape index (κ1) is 12.3. The molecule has 0 spiro atoms. The third-order valence-corrected chi connectivity index (χ3v) is 3.62. The first-order valence-corrected chi connectivity index (χ1v) is 5.69. The zero-order valence-corrected chi connectivity index (χ0v) is 10.0. The second kappa shape index (κ2) is 3.95. The largest absolute Gasteiger partial charge is 0.435 e. The van der Waals surface area contributed by atoms with Crippen molar-refractivity contribution in [3.63, 3.8) is 0 Å². The predicted octanol–water partition coefficient (Wildman–Crippen LogP) is 3.06. The van der Waals surface area contributed by atoms with E-state index in [1.807, 2.05) is 26.0 Å². The molecule has 0 saturated heterocycles. The van der Waals surface area contributed by atoms with E-state index in [9.17, 15) is 8.78 Å². The van der Waals surface area contributed by atoms with Crippen LogP contribution in [-0.4, -0.2) is 12.2 Å². The number of nitrogens with two attached hydrogens (primary N) is 1. The average molecular weight is 241 g/mol. The Kier molecular flexibility index (Phi) is 2.86. The lowest BCUT2D eigenvalue weighted by atomic mass is 9.79. The second-order valence-corrected chi connectivity index (χ2v) is 5.21.